The molecular weight excluding hydrogens is 336 g/mol. The number of nitriles is 1. The summed E-state index contributed by atoms with van der Waals surface area (Å²) in [5.74, 6) is 0.123. The minimum Gasteiger partial charge on any atom is -0.473 e. The van der Waals surface area contributed by atoms with E-state index in [0.717, 1.165) is 5.56 Å². The van der Waals surface area contributed by atoms with Gasteiger partial charge in [0.25, 0.3) is 5.91 Å². The molecule has 0 unspecified atom stereocenters. The minimum atomic E-state index is -0.377. The topological polar surface area (TPSA) is 87.9 Å². The van der Waals surface area contributed by atoms with Crippen molar-refractivity contribution in [3.63, 3.8) is 0 Å². The molecule has 0 saturated heterocycles. The lowest BCUT2D eigenvalue weighted by Gasteiger charge is -2.06. The summed E-state index contributed by atoms with van der Waals surface area (Å²) in [6, 6.07) is 10.5. The Kier molecular flexibility index (Phi) is 5.23. The zero-order chi connectivity index (χ0) is 15.1. The molecule has 0 spiro atoms. The molecule has 0 aliphatic carbocycles. The largest absolute Gasteiger partial charge is 0.473 e. The van der Waals surface area contributed by atoms with Gasteiger partial charge in [0.2, 0.25) is 5.88 Å². The molecule has 2 heterocycles. The van der Waals surface area contributed by atoms with Gasteiger partial charge in [-0.25, -0.2) is 4.98 Å². The molecule has 2 aromatic rings. The van der Waals surface area contributed by atoms with Gasteiger partial charge in [0.05, 0.1) is 6.07 Å². The Morgan fingerprint density at radius 3 is 2.90 bits per heavy atom. The van der Waals surface area contributed by atoms with E-state index in [0.29, 0.717) is 17.1 Å². The fourth-order valence-corrected chi connectivity index (χ4v) is 1.81. The highest BCUT2D eigenvalue weighted by atomic mass is 79.9. The van der Waals surface area contributed by atoms with Gasteiger partial charge >= 0.3 is 0 Å². The molecule has 106 valence electrons. The van der Waals surface area contributed by atoms with Crippen LogP contribution in [-0.4, -0.2) is 22.4 Å². The third-order valence-corrected chi connectivity index (χ3v) is 2.90. The van der Waals surface area contributed by atoms with Gasteiger partial charge in [-0.15, -0.1) is 0 Å². The van der Waals surface area contributed by atoms with Crippen molar-refractivity contribution < 1.29 is 9.53 Å². The van der Waals surface area contributed by atoms with Crippen LogP contribution >= 0.6 is 15.9 Å². The maximum Gasteiger partial charge on any atom is 0.270 e. The first-order valence-corrected chi connectivity index (χ1v) is 6.84. The maximum atomic E-state index is 11.6. The summed E-state index contributed by atoms with van der Waals surface area (Å²) >= 11 is 3.26. The Morgan fingerprint density at radius 2 is 2.24 bits per heavy atom. The standard InChI is InChI=1S/C14H11BrN4O2/c15-12-2-1-3-13(19-12)21-9-10-4-5-11(18-8-10)14(20)17-7-6-16/h1-5,8H,7,9H2,(H,17,20). The average Bonchev–Trinajstić information content (AvgIpc) is 2.51. The van der Waals surface area contributed by atoms with Gasteiger partial charge in [-0.1, -0.05) is 12.1 Å². The molecule has 0 atom stereocenters. The van der Waals surface area contributed by atoms with Crippen LogP contribution in [-0.2, 0) is 6.61 Å². The van der Waals surface area contributed by atoms with E-state index in [1.54, 1.807) is 24.4 Å². The highest BCUT2D eigenvalue weighted by Gasteiger charge is 2.06. The summed E-state index contributed by atoms with van der Waals surface area (Å²) < 4.78 is 6.21. The van der Waals surface area contributed by atoms with Crippen LogP contribution in [0.2, 0.25) is 0 Å². The van der Waals surface area contributed by atoms with Crippen molar-refractivity contribution in [1.82, 2.24) is 15.3 Å². The third kappa shape index (κ3) is 4.54. The molecule has 0 bridgehead atoms. The Morgan fingerprint density at radius 1 is 1.38 bits per heavy atom. The van der Waals surface area contributed by atoms with E-state index in [2.05, 4.69) is 31.2 Å². The second-order valence-electron chi connectivity index (χ2n) is 3.98. The zero-order valence-electron chi connectivity index (χ0n) is 10.9. The molecule has 1 N–H and O–H groups in total. The number of halogens is 1. The van der Waals surface area contributed by atoms with Gasteiger partial charge in [-0.3, -0.25) is 9.78 Å². The van der Waals surface area contributed by atoms with E-state index < -0.39 is 0 Å². The number of nitrogens with zero attached hydrogens (tertiary/aromatic N) is 3. The Balaban J connectivity index is 1.93. The Hall–Kier alpha value is -2.46. The second kappa shape index (κ2) is 7.36. The number of hydrogen-bond donors (Lipinski definition) is 1. The van der Waals surface area contributed by atoms with Crippen molar-refractivity contribution in [2.75, 3.05) is 6.54 Å². The maximum absolute atomic E-state index is 11.6. The van der Waals surface area contributed by atoms with Gasteiger partial charge in [0.1, 0.15) is 23.4 Å². The predicted octanol–water partition coefficient (Wildman–Crippen LogP) is 2.07. The number of carbonyl (C=O) groups excluding carboxylic acids is 1. The lowest BCUT2D eigenvalue weighted by atomic mass is 10.2. The van der Waals surface area contributed by atoms with E-state index in [1.165, 1.54) is 0 Å². The highest BCUT2D eigenvalue weighted by molar-refractivity contribution is 9.10. The summed E-state index contributed by atoms with van der Waals surface area (Å²) in [5.41, 5.74) is 1.07. The molecule has 1 amide bonds. The normalized spacial score (nSPS) is 9.71. The SMILES string of the molecule is N#CCNC(=O)c1ccc(COc2cccc(Br)n2)cn1. The smallest absolute Gasteiger partial charge is 0.270 e. The first kappa shape index (κ1) is 14.9. The lowest BCUT2D eigenvalue weighted by molar-refractivity contribution is 0.0953. The zero-order valence-corrected chi connectivity index (χ0v) is 12.5. The van der Waals surface area contributed by atoms with E-state index in [9.17, 15) is 4.79 Å². The average molecular weight is 347 g/mol. The first-order chi connectivity index (χ1) is 10.2. The Bertz CT molecular complexity index is 667. The van der Waals surface area contributed by atoms with Gasteiger partial charge in [0, 0.05) is 17.8 Å². The van der Waals surface area contributed by atoms with Gasteiger partial charge < -0.3 is 10.1 Å². The van der Waals surface area contributed by atoms with Crippen LogP contribution in [0.25, 0.3) is 0 Å². The van der Waals surface area contributed by atoms with Crippen molar-refractivity contribution in [2.24, 2.45) is 0 Å². The lowest BCUT2D eigenvalue weighted by Crippen LogP contribution is -2.24. The molecule has 0 saturated carbocycles. The third-order valence-electron chi connectivity index (χ3n) is 2.46. The highest BCUT2D eigenvalue weighted by Crippen LogP contribution is 2.13. The van der Waals surface area contributed by atoms with E-state index in [1.807, 2.05) is 18.2 Å². The van der Waals surface area contributed by atoms with Crippen molar-refractivity contribution in [3.05, 3.63) is 52.4 Å². The van der Waals surface area contributed by atoms with E-state index in [4.69, 9.17) is 10.00 Å². The van der Waals surface area contributed by atoms with Crippen LogP contribution < -0.4 is 10.1 Å². The molecule has 0 aliphatic heterocycles. The number of nitrogens with one attached hydrogen (secondary N) is 1. The molecule has 2 rings (SSSR count). The van der Waals surface area contributed by atoms with Crippen LogP contribution in [0.1, 0.15) is 16.1 Å². The number of carbonyl (C=O) groups is 1. The molecule has 21 heavy (non-hydrogen) atoms. The Labute approximate surface area is 129 Å². The first-order valence-electron chi connectivity index (χ1n) is 6.04. The second-order valence-corrected chi connectivity index (χ2v) is 4.79. The summed E-state index contributed by atoms with van der Waals surface area (Å²) in [4.78, 5) is 19.7. The van der Waals surface area contributed by atoms with Crippen LogP contribution in [0.5, 0.6) is 5.88 Å². The minimum absolute atomic E-state index is 0.0417. The van der Waals surface area contributed by atoms with Crippen molar-refractivity contribution in [3.8, 4) is 11.9 Å². The molecule has 2 aromatic heterocycles. The van der Waals surface area contributed by atoms with Crippen LogP contribution in [0.4, 0.5) is 0 Å². The van der Waals surface area contributed by atoms with Gasteiger partial charge in [0.15, 0.2) is 0 Å². The van der Waals surface area contributed by atoms with Gasteiger partial charge in [-0.2, -0.15) is 5.26 Å². The summed E-state index contributed by atoms with van der Waals surface area (Å²) in [6.45, 7) is 0.260. The molecule has 0 aromatic carbocycles. The number of rotatable bonds is 5. The van der Waals surface area contributed by atoms with Crippen LogP contribution in [0.3, 0.4) is 0 Å². The number of amides is 1. The summed E-state index contributed by atoms with van der Waals surface area (Å²) in [7, 11) is 0. The monoisotopic (exact) mass is 346 g/mol. The van der Waals surface area contributed by atoms with Crippen molar-refractivity contribution in [2.45, 2.75) is 6.61 Å². The molecule has 7 heteroatoms. The van der Waals surface area contributed by atoms with E-state index in [-0.39, 0.29) is 18.1 Å². The number of hydrogen-bond acceptors (Lipinski definition) is 5. The molecule has 0 aliphatic rings. The quantitative estimate of drug-likeness (QED) is 0.661. The molecule has 0 radical (unpaired) electrons. The van der Waals surface area contributed by atoms with Crippen molar-refractivity contribution >= 4 is 21.8 Å². The summed E-state index contributed by atoms with van der Waals surface area (Å²) in [6.07, 6.45) is 1.55. The van der Waals surface area contributed by atoms with Gasteiger partial charge in [-0.05, 0) is 28.1 Å². The van der Waals surface area contributed by atoms with E-state index >= 15 is 0 Å². The van der Waals surface area contributed by atoms with Crippen LogP contribution in [0.15, 0.2) is 41.1 Å². The molecule has 0 fully saturated rings. The summed E-state index contributed by atoms with van der Waals surface area (Å²) in [5, 5.41) is 10.8. The van der Waals surface area contributed by atoms with Crippen LogP contribution in [0, 0.1) is 11.3 Å². The fraction of sp³-hybridized carbons (Fsp3) is 0.143. The van der Waals surface area contributed by atoms with Crippen molar-refractivity contribution in [1.29, 1.82) is 5.26 Å². The number of aromatic nitrogens is 2. The number of ether oxygens (including phenoxy) is 1. The predicted molar refractivity (Wildman–Crippen MR) is 78.5 cm³/mol. The molecule has 6 nitrogen and oxygen atoms in total. The molecular formula is C14H11BrN4O2. The number of pyridine rings is 2. The fourth-order valence-electron chi connectivity index (χ4n) is 1.48.